The first-order valence-corrected chi connectivity index (χ1v) is 6.52. The van der Waals surface area contributed by atoms with E-state index >= 15 is 0 Å². The van der Waals surface area contributed by atoms with E-state index in [0.29, 0.717) is 29.0 Å². The van der Waals surface area contributed by atoms with E-state index in [1.807, 2.05) is 30.3 Å². The highest BCUT2D eigenvalue weighted by molar-refractivity contribution is 6.05. The van der Waals surface area contributed by atoms with Crippen molar-refractivity contribution in [3.63, 3.8) is 0 Å². The third-order valence-electron chi connectivity index (χ3n) is 3.14. The van der Waals surface area contributed by atoms with Crippen LogP contribution in [-0.2, 0) is 6.61 Å². The summed E-state index contributed by atoms with van der Waals surface area (Å²) in [6.45, 7) is 1.88. The van der Waals surface area contributed by atoms with Gasteiger partial charge in [-0.2, -0.15) is 4.98 Å². The number of Topliss-reactive ketones (excluding diaryl/α,β-unsaturated/α-hetero) is 1. The second-order valence-corrected chi connectivity index (χ2v) is 4.67. The summed E-state index contributed by atoms with van der Waals surface area (Å²) in [5, 5.41) is 0. The Morgan fingerprint density at radius 3 is 2.64 bits per heavy atom. The van der Waals surface area contributed by atoms with E-state index in [2.05, 4.69) is 4.98 Å². The Morgan fingerprint density at radius 1 is 1.23 bits per heavy atom. The van der Waals surface area contributed by atoms with Gasteiger partial charge in [0.1, 0.15) is 12.4 Å². The summed E-state index contributed by atoms with van der Waals surface area (Å²) >= 11 is 0. The molecular weight excluding hydrogens is 304 g/mol. The van der Waals surface area contributed by atoms with E-state index in [9.17, 15) is 4.79 Å². The van der Waals surface area contributed by atoms with Crippen molar-refractivity contribution in [2.45, 2.75) is 13.5 Å². The van der Waals surface area contributed by atoms with Gasteiger partial charge in [-0.15, -0.1) is 12.4 Å². The van der Waals surface area contributed by atoms with Crippen LogP contribution in [0.4, 0.5) is 6.01 Å². The molecule has 0 amide bonds. The molecule has 0 spiro atoms. The summed E-state index contributed by atoms with van der Waals surface area (Å²) in [6, 6.07) is 13.2. The number of halogens is 1. The molecule has 0 atom stereocenters. The number of nitrogens with zero attached hydrogens (tertiary/aromatic N) is 1. The third-order valence-corrected chi connectivity index (χ3v) is 3.14. The molecule has 1 heterocycles. The minimum absolute atomic E-state index is 0. The molecule has 6 heteroatoms. The fourth-order valence-corrected chi connectivity index (χ4v) is 2.13. The molecule has 0 saturated carbocycles. The zero-order valence-corrected chi connectivity index (χ0v) is 12.7. The monoisotopic (exact) mass is 318 g/mol. The van der Waals surface area contributed by atoms with Crippen LogP contribution in [0.5, 0.6) is 5.75 Å². The van der Waals surface area contributed by atoms with Gasteiger partial charge in [0.25, 0.3) is 6.01 Å². The van der Waals surface area contributed by atoms with E-state index in [1.54, 1.807) is 12.1 Å². The average molecular weight is 319 g/mol. The number of nitrogen functional groups attached to an aromatic ring is 1. The van der Waals surface area contributed by atoms with E-state index < -0.39 is 0 Å². The zero-order valence-electron chi connectivity index (χ0n) is 11.9. The lowest BCUT2D eigenvalue weighted by atomic mass is 10.1. The zero-order chi connectivity index (χ0) is 14.8. The van der Waals surface area contributed by atoms with Gasteiger partial charge in [0.15, 0.2) is 16.9 Å². The molecule has 0 aliphatic carbocycles. The van der Waals surface area contributed by atoms with E-state index in [-0.39, 0.29) is 24.2 Å². The van der Waals surface area contributed by atoms with Crippen LogP contribution in [0.2, 0.25) is 0 Å². The van der Waals surface area contributed by atoms with E-state index in [4.69, 9.17) is 14.9 Å². The van der Waals surface area contributed by atoms with Crippen LogP contribution in [0.15, 0.2) is 46.9 Å². The molecule has 2 aromatic carbocycles. The Hall–Kier alpha value is -2.53. The SMILES string of the molecule is CC(=O)c1ccc(OCc2ccccc2)c2nc(N)oc12.Cl. The Labute approximate surface area is 133 Å². The summed E-state index contributed by atoms with van der Waals surface area (Å²) in [6.07, 6.45) is 0. The Kier molecular flexibility index (Phi) is 4.68. The van der Waals surface area contributed by atoms with Gasteiger partial charge in [-0.05, 0) is 24.6 Å². The normalized spacial score (nSPS) is 10.2. The topological polar surface area (TPSA) is 78.3 Å². The Bertz CT molecular complexity index is 800. The predicted octanol–water partition coefficient (Wildman–Crippen LogP) is 3.61. The summed E-state index contributed by atoms with van der Waals surface area (Å²) in [4.78, 5) is 15.7. The largest absolute Gasteiger partial charge is 0.486 e. The highest BCUT2D eigenvalue weighted by atomic mass is 35.5. The summed E-state index contributed by atoms with van der Waals surface area (Å²) in [7, 11) is 0. The Balaban J connectivity index is 0.00000176. The van der Waals surface area contributed by atoms with Crippen LogP contribution in [-0.4, -0.2) is 10.8 Å². The number of carbonyl (C=O) groups is 1. The molecule has 0 unspecified atom stereocenters. The predicted molar refractivity (Wildman–Crippen MR) is 86.4 cm³/mol. The first-order chi connectivity index (χ1) is 10.1. The van der Waals surface area contributed by atoms with Gasteiger partial charge in [-0.3, -0.25) is 4.79 Å². The van der Waals surface area contributed by atoms with E-state index in [0.717, 1.165) is 5.56 Å². The maximum atomic E-state index is 11.6. The number of aromatic nitrogens is 1. The van der Waals surface area contributed by atoms with Gasteiger partial charge in [0.2, 0.25) is 0 Å². The maximum absolute atomic E-state index is 11.6. The van der Waals surface area contributed by atoms with Crippen molar-refractivity contribution in [1.29, 1.82) is 0 Å². The molecule has 0 radical (unpaired) electrons. The fraction of sp³-hybridized carbons (Fsp3) is 0.125. The number of anilines is 1. The number of benzene rings is 2. The molecule has 114 valence electrons. The first-order valence-electron chi connectivity index (χ1n) is 6.52. The number of ketones is 1. The lowest BCUT2D eigenvalue weighted by molar-refractivity contribution is 0.101. The van der Waals surface area contributed by atoms with Gasteiger partial charge in [0, 0.05) is 0 Å². The number of hydrogen-bond donors (Lipinski definition) is 1. The van der Waals surface area contributed by atoms with Crippen LogP contribution in [0, 0.1) is 0 Å². The fourth-order valence-electron chi connectivity index (χ4n) is 2.13. The molecule has 0 aliphatic heterocycles. The number of oxazole rings is 1. The van der Waals surface area contributed by atoms with E-state index in [1.165, 1.54) is 6.92 Å². The van der Waals surface area contributed by atoms with Crippen LogP contribution in [0.3, 0.4) is 0 Å². The first kappa shape index (κ1) is 15.9. The molecular formula is C16H15ClN2O3. The maximum Gasteiger partial charge on any atom is 0.293 e. The van der Waals surface area contributed by atoms with Crippen molar-refractivity contribution in [1.82, 2.24) is 4.98 Å². The van der Waals surface area contributed by atoms with Crippen LogP contribution in [0.25, 0.3) is 11.1 Å². The molecule has 22 heavy (non-hydrogen) atoms. The number of fused-ring (bicyclic) bond motifs is 1. The molecule has 1 aromatic heterocycles. The lowest BCUT2D eigenvalue weighted by Crippen LogP contribution is -1.98. The van der Waals surface area contributed by atoms with Gasteiger partial charge >= 0.3 is 0 Å². The van der Waals surface area contributed by atoms with Gasteiger partial charge in [0.05, 0.1) is 5.56 Å². The van der Waals surface area contributed by atoms with Crippen molar-refractivity contribution in [3.8, 4) is 5.75 Å². The lowest BCUT2D eigenvalue weighted by Gasteiger charge is -2.07. The standard InChI is InChI=1S/C16H14N2O3.ClH/c1-10(19)12-7-8-13(14-15(12)21-16(17)18-14)20-9-11-5-3-2-4-6-11;/h2-8H,9H2,1H3,(H2,17,18);1H. The smallest absolute Gasteiger partial charge is 0.293 e. The highest BCUT2D eigenvalue weighted by Gasteiger charge is 2.16. The van der Waals surface area contributed by atoms with Crippen molar-refractivity contribution in [2.75, 3.05) is 5.73 Å². The summed E-state index contributed by atoms with van der Waals surface area (Å²) in [5.41, 5.74) is 7.91. The molecule has 0 fully saturated rings. The average Bonchev–Trinajstić information content (AvgIpc) is 2.86. The highest BCUT2D eigenvalue weighted by Crippen LogP contribution is 2.30. The van der Waals surface area contributed by atoms with Crippen molar-refractivity contribution < 1.29 is 13.9 Å². The second-order valence-electron chi connectivity index (χ2n) is 4.67. The number of ether oxygens (including phenoxy) is 1. The van der Waals surface area contributed by atoms with Gasteiger partial charge in [-0.1, -0.05) is 30.3 Å². The summed E-state index contributed by atoms with van der Waals surface area (Å²) < 4.78 is 11.1. The van der Waals surface area contributed by atoms with Gasteiger partial charge < -0.3 is 14.9 Å². The minimum Gasteiger partial charge on any atom is -0.486 e. The van der Waals surface area contributed by atoms with Crippen LogP contribution in [0.1, 0.15) is 22.8 Å². The van der Waals surface area contributed by atoms with Crippen LogP contribution < -0.4 is 10.5 Å². The van der Waals surface area contributed by atoms with Crippen molar-refractivity contribution in [3.05, 3.63) is 53.6 Å². The molecule has 3 aromatic rings. The molecule has 5 nitrogen and oxygen atoms in total. The Morgan fingerprint density at radius 2 is 1.95 bits per heavy atom. The third kappa shape index (κ3) is 3.04. The molecule has 0 saturated heterocycles. The number of nitrogens with two attached hydrogens (primary N) is 1. The molecule has 0 aliphatic rings. The molecule has 3 rings (SSSR count). The van der Waals surface area contributed by atoms with Gasteiger partial charge in [-0.25, -0.2) is 0 Å². The quantitative estimate of drug-likeness (QED) is 0.743. The second kappa shape index (κ2) is 6.49. The number of hydrogen-bond acceptors (Lipinski definition) is 5. The number of carbonyl (C=O) groups excluding carboxylic acids is 1. The van der Waals surface area contributed by atoms with Crippen molar-refractivity contribution >= 4 is 35.3 Å². The molecule has 0 bridgehead atoms. The van der Waals surface area contributed by atoms with Crippen molar-refractivity contribution in [2.24, 2.45) is 0 Å². The minimum atomic E-state index is -0.106. The van der Waals surface area contributed by atoms with Crippen LogP contribution >= 0.6 is 12.4 Å². The number of rotatable bonds is 4. The summed E-state index contributed by atoms with van der Waals surface area (Å²) in [5.74, 6) is 0.435. The molecule has 2 N–H and O–H groups in total.